The van der Waals surface area contributed by atoms with Crippen LogP contribution in [0.4, 0.5) is 4.79 Å². The Morgan fingerprint density at radius 2 is 2.10 bits per heavy atom. The molecule has 0 spiro atoms. The second-order valence-electron chi connectivity index (χ2n) is 6.09. The van der Waals surface area contributed by atoms with Gasteiger partial charge in [-0.05, 0) is 38.8 Å². The molecule has 1 aliphatic rings. The van der Waals surface area contributed by atoms with Crippen molar-refractivity contribution in [3.05, 3.63) is 0 Å². The average molecular weight is 299 g/mol. The number of hydrogen-bond donors (Lipinski definition) is 2. The molecule has 2 unspecified atom stereocenters. The highest BCUT2D eigenvalue weighted by atomic mass is 16.4. The third-order valence-corrected chi connectivity index (χ3v) is 4.09. The molecule has 2 atom stereocenters. The van der Waals surface area contributed by atoms with E-state index >= 15 is 0 Å². The van der Waals surface area contributed by atoms with Crippen LogP contribution in [0.15, 0.2) is 0 Å². The maximum atomic E-state index is 12.3. The first-order chi connectivity index (χ1) is 9.93. The van der Waals surface area contributed by atoms with Crippen molar-refractivity contribution in [1.29, 1.82) is 0 Å². The molecule has 1 heterocycles. The molecule has 122 valence electrons. The van der Waals surface area contributed by atoms with Gasteiger partial charge in [0.1, 0.15) is 0 Å². The van der Waals surface area contributed by atoms with Gasteiger partial charge in [0.15, 0.2) is 0 Å². The number of carbonyl (C=O) groups excluding carboxylic acids is 1. The number of urea groups is 1. The van der Waals surface area contributed by atoms with Gasteiger partial charge in [-0.15, -0.1) is 0 Å². The molecule has 0 aromatic carbocycles. The van der Waals surface area contributed by atoms with Crippen molar-refractivity contribution >= 4 is 12.0 Å². The second kappa shape index (κ2) is 8.87. The van der Waals surface area contributed by atoms with Crippen molar-refractivity contribution < 1.29 is 14.7 Å². The van der Waals surface area contributed by atoms with E-state index in [0.717, 1.165) is 32.5 Å². The van der Waals surface area contributed by atoms with E-state index in [4.69, 9.17) is 5.11 Å². The van der Waals surface area contributed by atoms with Gasteiger partial charge < -0.3 is 20.2 Å². The molecule has 1 saturated heterocycles. The topological polar surface area (TPSA) is 72.9 Å². The third-order valence-electron chi connectivity index (χ3n) is 4.09. The molecular weight excluding hydrogens is 270 g/mol. The lowest BCUT2D eigenvalue weighted by atomic mass is 10.1. The van der Waals surface area contributed by atoms with Crippen molar-refractivity contribution in [3.8, 4) is 0 Å². The molecule has 21 heavy (non-hydrogen) atoms. The molecule has 6 nitrogen and oxygen atoms in total. The van der Waals surface area contributed by atoms with E-state index in [1.165, 1.54) is 0 Å². The van der Waals surface area contributed by atoms with E-state index in [2.05, 4.69) is 24.2 Å². The monoisotopic (exact) mass is 299 g/mol. The Balaban J connectivity index is 2.43. The normalized spacial score (nSPS) is 21.7. The largest absolute Gasteiger partial charge is 0.481 e. The number of rotatable bonds is 6. The fraction of sp³-hybridized carbons (Fsp3) is 0.867. The van der Waals surface area contributed by atoms with Crippen molar-refractivity contribution in [2.45, 2.75) is 45.6 Å². The summed E-state index contributed by atoms with van der Waals surface area (Å²) in [6, 6.07) is 0.242. The van der Waals surface area contributed by atoms with Gasteiger partial charge in [-0.25, -0.2) is 4.79 Å². The van der Waals surface area contributed by atoms with Crippen LogP contribution in [0.2, 0.25) is 0 Å². The molecule has 1 rings (SSSR count). The SMILES string of the molecule is CCC1CN(C)CCCN1C(=O)NCC(C)CCC(=O)O. The fourth-order valence-corrected chi connectivity index (χ4v) is 2.70. The van der Waals surface area contributed by atoms with Crippen LogP contribution in [-0.2, 0) is 4.79 Å². The van der Waals surface area contributed by atoms with Gasteiger partial charge in [0.05, 0.1) is 0 Å². The number of carboxylic acid groups (broad SMARTS) is 1. The molecule has 6 heteroatoms. The van der Waals surface area contributed by atoms with Gasteiger partial charge in [-0.2, -0.15) is 0 Å². The zero-order chi connectivity index (χ0) is 15.8. The van der Waals surface area contributed by atoms with Gasteiger partial charge >= 0.3 is 12.0 Å². The average Bonchev–Trinajstić information content (AvgIpc) is 2.63. The zero-order valence-corrected chi connectivity index (χ0v) is 13.5. The first-order valence-corrected chi connectivity index (χ1v) is 7.88. The van der Waals surface area contributed by atoms with Crippen molar-refractivity contribution in [3.63, 3.8) is 0 Å². The summed E-state index contributed by atoms with van der Waals surface area (Å²) in [5.41, 5.74) is 0. The Morgan fingerprint density at radius 1 is 1.38 bits per heavy atom. The Kier molecular flexibility index (Phi) is 7.50. The number of likely N-dealkylation sites (N-methyl/N-ethyl adjacent to an activating group) is 1. The lowest BCUT2D eigenvalue weighted by Crippen LogP contribution is -2.49. The summed E-state index contributed by atoms with van der Waals surface area (Å²) in [6.45, 7) is 7.34. The lowest BCUT2D eigenvalue weighted by molar-refractivity contribution is -0.137. The summed E-state index contributed by atoms with van der Waals surface area (Å²) in [6.07, 6.45) is 2.69. The van der Waals surface area contributed by atoms with Crippen molar-refractivity contribution in [2.24, 2.45) is 5.92 Å². The van der Waals surface area contributed by atoms with E-state index < -0.39 is 5.97 Å². The van der Waals surface area contributed by atoms with Crippen LogP contribution in [-0.4, -0.2) is 66.2 Å². The minimum Gasteiger partial charge on any atom is -0.481 e. The highest BCUT2D eigenvalue weighted by molar-refractivity contribution is 5.74. The zero-order valence-electron chi connectivity index (χ0n) is 13.5. The highest BCUT2D eigenvalue weighted by Crippen LogP contribution is 2.12. The highest BCUT2D eigenvalue weighted by Gasteiger charge is 2.26. The number of carbonyl (C=O) groups is 2. The summed E-state index contributed by atoms with van der Waals surface area (Å²) in [4.78, 5) is 27.1. The summed E-state index contributed by atoms with van der Waals surface area (Å²) >= 11 is 0. The Bertz CT molecular complexity index is 349. The maximum Gasteiger partial charge on any atom is 0.317 e. The predicted octanol–water partition coefficient (Wildman–Crippen LogP) is 1.61. The van der Waals surface area contributed by atoms with Crippen LogP contribution >= 0.6 is 0 Å². The van der Waals surface area contributed by atoms with E-state index in [0.29, 0.717) is 13.0 Å². The number of nitrogens with one attached hydrogen (secondary N) is 1. The molecule has 2 amide bonds. The fourth-order valence-electron chi connectivity index (χ4n) is 2.70. The Labute approximate surface area is 127 Å². The molecule has 0 bridgehead atoms. The lowest BCUT2D eigenvalue weighted by Gasteiger charge is -2.30. The number of aliphatic carboxylic acids is 1. The molecular formula is C15H29N3O3. The summed E-state index contributed by atoms with van der Waals surface area (Å²) in [7, 11) is 2.10. The van der Waals surface area contributed by atoms with Crippen LogP contribution in [0.5, 0.6) is 0 Å². The summed E-state index contributed by atoms with van der Waals surface area (Å²) < 4.78 is 0. The number of carboxylic acids is 1. The van der Waals surface area contributed by atoms with Gasteiger partial charge in [-0.1, -0.05) is 13.8 Å². The Hall–Kier alpha value is -1.30. The summed E-state index contributed by atoms with van der Waals surface area (Å²) in [5.74, 6) is -0.602. The smallest absolute Gasteiger partial charge is 0.317 e. The number of amides is 2. The Morgan fingerprint density at radius 3 is 2.71 bits per heavy atom. The molecule has 2 N–H and O–H groups in total. The van der Waals surface area contributed by atoms with Gasteiger partial charge in [0, 0.05) is 32.1 Å². The first-order valence-electron chi connectivity index (χ1n) is 7.88. The minimum absolute atomic E-state index is 0.0145. The van der Waals surface area contributed by atoms with Gasteiger partial charge in [0.2, 0.25) is 0 Å². The molecule has 0 aromatic rings. The minimum atomic E-state index is -0.783. The van der Waals surface area contributed by atoms with Gasteiger partial charge in [-0.3, -0.25) is 4.79 Å². The van der Waals surface area contributed by atoms with Crippen LogP contribution < -0.4 is 5.32 Å². The molecule has 1 aliphatic heterocycles. The predicted molar refractivity (Wildman–Crippen MR) is 82.3 cm³/mol. The standard InChI is InChI=1S/C15H29N3O3/c1-4-13-11-17(3)8-5-9-18(13)15(21)16-10-12(2)6-7-14(19)20/h12-13H,4-11H2,1-3H3,(H,16,21)(H,19,20). The van der Waals surface area contributed by atoms with E-state index in [-0.39, 0.29) is 24.4 Å². The van der Waals surface area contributed by atoms with Gasteiger partial charge in [0.25, 0.3) is 0 Å². The van der Waals surface area contributed by atoms with Crippen molar-refractivity contribution in [1.82, 2.24) is 15.1 Å². The van der Waals surface area contributed by atoms with Crippen LogP contribution in [0.25, 0.3) is 0 Å². The van der Waals surface area contributed by atoms with Crippen LogP contribution in [0, 0.1) is 5.92 Å². The third kappa shape index (κ3) is 6.33. The van der Waals surface area contributed by atoms with E-state index in [1.807, 2.05) is 11.8 Å². The van der Waals surface area contributed by atoms with Crippen LogP contribution in [0.3, 0.4) is 0 Å². The quantitative estimate of drug-likeness (QED) is 0.781. The molecule has 0 aliphatic carbocycles. The maximum absolute atomic E-state index is 12.3. The second-order valence-corrected chi connectivity index (χ2v) is 6.09. The van der Waals surface area contributed by atoms with Crippen molar-refractivity contribution in [2.75, 3.05) is 33.2 Å². The molecule has 1 fully saturated rings. The molecule has 0 aromatic heterocycles. The van der Waals surface area contributed by atoms with E-state index in [1.54, 1.807) is 0 Å². The van der Waals surface area contributed by atoms with E-state index in [9.17, 15) is 9.59 Å². The molecule has 0 saturated carbocycles. The number of hydrogen-bond acceptors (Lipinski definition) is 3. The molecule has 0 radical (unpaired) electrons. The summed E-state index contributed by atoms with van der Waals surface area (Å²) in [5, 5.41) is 11.6. The van der Waals surface area contributed by atoms with Crippen LogP contribution in [0.1, 0.15) is 39.5 Å². The first kappa shape index (κ1) is 17.8. The number of nitrogens with zero attached hydrogens (tertiary/aromatic N) is 2.